The van der Waals surface area contributed by atoms with Gasteiger partial charge >= 0.3 is 5.97 Å². The Labute approximate surface area is 124 Å². The van der Waals surface area contributed by atoms with E-state index in [9.17, 15) is 9.59 Å². The number of amides is 1. The second-order valence-electron chi connectivity index (χ2n) is 5.49. The van der Waals surface area contributed by atoms with Crippen molar-refractivity contribution >= 4 is 11.9 Å². The van der Waals surface area contributed by atoms with Crippen molar-refractivity contribution < 1.29 is 19.4 Å². The first-order valence-corrected chi connectivity index (χ1v) is 7.23. The monoisotopic (exact) mass is 291 g/mol. The number of nitrogens with one attached hydrogen (secondary N) is 1. The number of rotatable bonds is 8. The molecule has 1 saturated carbocycles. The van der Waals surface area contributed by atoms with E-state index in [1.54, 1.807) is 7.11 Å². The fourth-order valence-electron chi connectivity index (χ4n) is 2.26. The maximum atomic E-state index is 11.9. The molecule has 5 heteroatoms. The smallest absolute Gasteiger partial charge is 0.326 e. The summed E-state index contributed by atoms with van der Waals surface area (Å²) in [4.78, 5) is 23.0. The minimum atomic E-state index is -0.948. The van der Waals surface area contributed by atoms with E-state index in [4.69, 9.17) is 9.84 Å². The Morgan fingerprint density at radius 1 is 1.43 bits per heavy atom. The van der Waals surface area contributed by atoms with Gasteiger partial charge < -0.3 is 15.2 Å². The average molecular weight is 291 g/mol. The zero-order valence-electron chi connectivity index (χ0n) is 12.2. The highest BCUT2D eigenvalue weighted by Gasteiger charge is 2.29. The fraction of sp³-hybridized carbons (Fsp3) is 0.500. The second-order valence-corrected chi connectivity index (χ2v) is 5.49. The number of hydrogen-bond acceptors (Lipinski definition) is 3. The number of aliphatic carboxylic acids is 1. The van der Waals surface area contributed by atoms with E-state index < -0.39 is 12.0 Å². The molecular weight excluding hydrogens is 270 g/mol. The van der Waals surface area contributed by atoms with Crippen molar-refractivity contribution in [3.8, 4) is 5.75 Å². The van der Waals surface area contributed by atoms with Crippen LogP contribution in [-0.4, -0.2) is 30.1 Å². The van der Waals surface area contributed by atoms with Crippen molar-refractivity contribution in [2.24, 2.45) is 5.92 Å². The number of methoxy groups -OCH3 is 1. The lowest BCUT2D eigenvalue weighted by Crippen LogP contribution is -2.41. The van der Waals surface area contributed by atoms with Crippen molar-refractivity contribution in [1.29, 1.82) is 0 Å². The van der Waals surface area contributed by atoms with Gasteiger partial charge in [0.25, 0.3) is 0 Å². The van der Waals surface area contributed by atoms with Gasteiger partial charge in [0.05, 0.1) is 7.11 Å². The third-order valence-corrected chi connectivity index (χ3v) is 3.67. The number of hydrogen-bond donors (Lipinski definition) is 2. The molecule has 5 nitrogen and oxygen atoms in total. The number of carbonyl (C=O) groups is 2. The van der Waals surface area contributed by atoms with Crippen molar-refractivity contribution in [1.82, 2.24) is 5.32 Å². The predicted octanol–water partition coefficient (Wildman–Crippen LogP) is 2.00. The quantitative estimate of drug-likeness (QED) is 0.768. The summed E-state index contributed by atoms with van der Waals surface area (Å²) in [6.45, 7) is 0. The predicted molar refractivity (Wildman–Crippen MR) is 78.2 cm³/mol. The van der Waals surface area contributed by atoms with Gasteiger partial charge in [-0.25, -0.2) is 4.79 Å². The van der Waals surface area contributed by atoms with Crippen LogP contribution in [0.25, 0.3) is 0 Å². The van der Waals surface area contributed by atoms with Gasteiger partial charge in [-0.05, 0) is 36.5 Å². The highest BCUT2D eigenvalue weighted by atomic mass is 16.5. The summed E-state index contributed by atoms with van der Waals surface area (Å²) < 4.78 is 5.13. The molecule has 2 N–H and O–H groups in total. The molecule has 0 spiro atoms. The molecule has 1 aromatic rings. The number of carboxylic acid groups (broad SMARTS) is 1. The molecule has 1 unspecified atom stereocenters. The first-order chi connectivity index (χ1) is 10.1. The Morgan fingerprint density at radius 3 is 2.81 bits per heavy atom. The lowest BCUT2D eigenvalue weighted by molar-refractivity contribution is -0.142. The summed E-state index contributed by atoms with van der Waals surface area (Å²) in [5.41, 5.74) is 0.999. The van der Waals surface area contributed by atoms with E-state index in [0.717, 1.165) is 24.2 Å². The van der Waals surface area contributed by atoms with Gasteiger partial charge in [-0.2, -0.15) is 0 Å². The van der Waals surface area contributed by atoms with E-state index in [0.29, 0.717) is 18.8 Å². The van der Waals surface area contributed by atoms with Gasteiger partial charge in [-0.15, -0.1) is 0 Å². The van der Waals surface area contributed by atoms with Gasteiger partial charge in [-0.3, -0.25) is 4.79 Å². The van der Waals surface area contributed by atoms with Crippen LogP contribution in [-0.2, 0) is 16.0 Å². The maximum absolute atomic E-state index is 11.9. The molecule has 114 valence electrons. The van der Waals surface area contributed by atoms with Gasteiger partial charge in [0.2, 0.25) is 5.91 Å². The van der Waals surface area contributed by atoms with Crippen molar-refractivity contribution in [3.05, 3.63) is 29.8 Å². The summed E-state index contributed by atoms with van der Waals surface area (Å²) in [6, 6.07) is 6.77. The highest BCUT2D eigenvalue weighted by Crippen LogP contribution is 2.33. The van der Waals surface area contributed by atoms with Crippen molar-refractivity contribution in [3.63, 3.8) is 0 Å². The minimum absolute atomic E-state index is 0.217. The van der Waals surface area contributed by atoms with Crippen molar-refractivity contribution in [2.75, 3.05) is 7.11 Å². The molecule has 21 heavy (non-hydrogen) atoms. The topological polar surface area (TPSA) is 75.6 Å². The average Bonchev–Trinajstić information content (AvgIpc) is 3.28. The van der Waals surface area contributed by atoms with Crippen LogP contribution >= 0.6 is 0 Å². The van der Waals surface area contributed by atoms with E-state index in [2.05, 4.69) is 5.32 Å². The van der Waals surface area contributed by atoms with Crippen LogP contribution < -0.4 is 10.1 Å². The molecule has 0 saturated heterocycles. The Bertz CT molecular complexity index is 511. The maximum Gasteiger partial charge on any atom is 0.326 e. The lowest BCUT2D eigenvalue weighted by Gasteiger charge is -2.14. The number of ether oxygens (including phenoxy) is 1. The molecule has 1 aliphatic rings. The first-order valence-electron chi connectivity index (χ1n) is 7.23. The van der Waals surface area contributed by atoms with Gasteiger partial charge in [0.15, 0.2) is 0 Å². The fourth-order valence-corrected chi connectivity index (χ4v) is 2.26. The molecule has 0 heterocycles. The summed E-state index contributed by atoms with van der Waals surface area (Å²) >= 11 is 0. The summed E-state index contributed by atoms with van der Waals surface area (Å²) in [6.07, 6.45) is 3.54. The van der Waals surface area contributed by atoms with Crippen LogP contribution in [0.5, 0.6) is 5.75 Å². The standard InChI is InChI=1S/C16H21NO4/c1-21-13-4-2-3-11(9-13)7-8-15(18)17-14(16(19)20)10-12-5-6-12/h2-4,9,12,14H,5-8,10H2,1H3,(H,17,18)(H,19,20). The second kappa shape index (κ2) is 7.11. The van der Waals surface area contributed by atoms with Crippen LogP contribution in [0.15, 0.2) is 24.3 Å². The van der Waals surface area contributed by atoms with Gasteiger partial charge in [0, 0.05) is 6.42 Å². The van der Waals surface area contributed by atoms with E-state index in [1.165, 1.54) is 0 Å². The largest absolute Gasteiger partial charge is 0.497 e. The first kappa shape index (κ1) is 15.4. The zero-order valence-corrected chi connectivity index (χ0v) is 12.2. The van der Waals surface area contributed by atoms with E-state index >= 15 is 0 Å². The molecule has 1 aromatic carbocycles. The third-order valence-electron chi connectivity index (χ3n) is 3.67. The molecule has 0 radical (unpaired) electrons. The number of benzene rings is 1. The molecule has 1 amide bonds. The highest BCUT2D eigenvalue weighted by molar-refractivity contribution is 5.83. The lowest BCUT2D eigenvalue weighted by atomic mass is 10.1. The molecule has 0 aromatic heterocycles. The summed E-state index contributed by atoms with van der Waals surface area (Å²) in [5.74, 6) is 0.0531. The zero-order chi connectivity index (χ0) is 15.2. The van der Waals surface area contributed by atoms with Crippen molar-refractivity contribution in [2.45, 2.75) is 38.1 Å². The molecule has 0 aliphatic heterocycles. The normalized spacial score (nSPS) is 15.3. The van der Waals surface area contributed by atoms with Crippen LogP contribution in [0.3, 0.4) is 0 Å². The molecular formula is C16H21NO4. The molecule has 0 bridgehead atoms. The summed E-state index contributed by atoms with van der Waals surface area (Å²) in [7, 11) is 1.60. The van der Waals surface area contributed by atoms with Crippen LogP contribution in [0.1, 0.15) is 31.2 Å². The minimum Gasteiger partial charge on any atom is -0.497 e. The third kappa shape index (κ3) is 5.10. The summed E-state index contributed by atoms with van der Waals surface area (Å²) in [5, 5.41) is 11.7. The number of carboxylic acids is 1. The Morgan fingerprint density at radius 2 is 2.19 bits per heavy atom. The van der Waals surface area contributed by atoms with Crippen LogP contribution in [0.2, 0.25) is 0 Å². The van der Waals surface area contributed by atoms with E-state index in [-0.39, 0.29) is 12.3 Å². The SMILES string of the molecule is COc1cccc(CCC(=O)NC(CC2CC2)C(=O)O)c1. The number of aryl methyl sites for hydroxylation is 1. The molecule has 1 fully saturated rings. The number of carbonyl (C=O) groups excluding carboxylic acids is 1. The Kier molecular flexibility index (Phi) is 5.20. The van der Waals surface area contributed by atoms with Gasteiger partial charge in [0.1, 0.15) is 11.8 Å². The van der Waals surface area contributed by atoms with Crippen LogP contribution in [0.4, 0.5) is 0 Å². The molecule has 1 aliphatic carbocycles. The Balaban J connectivity index is 1.81. The van der Waals surface area contributed by atoms with Gasteiger partial charge in [-0.1, -0.05) is 25.0 Å². The molecule has 2 rings (SSSR count). The van der Waals surface area contributed by atoms with Crippen LogP contribution in [0, 0.1) is 5.92 Å². The van der Waals surface area contributed by atoms with E-state index in [1.807, 2.05) is 24.3 Å². The molecule has 1 atom stereocenters. The Hall–Kier alpha value is -2.04.